The molecule has 0 bridgehead atoms. The van der Waals surface area contributed by atoms with E-state index in [1.54, 1.807) is 0 Å². The van der Waals surface area contributed by atoms with Crippen LogP contribution in [0, 0.1) is 94.7 Å². The Hall–Kier alpha value is -0.400. The van der Waals surface area contributed by atoms with Crippen LogP contribution in [0.5, 0.6) is 0 Å². The van der Waals surface area contributed by atoms with Crippen molar-refractivity contribution in [1.82, 2.24) is 49.8 Å². The molecule has 8 fully saturated rings. The van der Waals surface area contributed by atoms with Gasteiger partial charge in [0.15, 0.2) is 0 Å². The Kier molecular flexibility index (Phi) is 70.1. The van der Waals surface area contributed by atoms with Gasteiger partial charge >= 0.3 is 0 Å². The zero-order chi connectivity index (χ0) is 89.9. The predicted molar refractivity (Wildman–Crippen MR) is 531 cm³/mol. The van der Waals surface area contributed by atoms with Crippen molar-refractivity contribution in [2.45, 2.75) is 491 Å². The van der Waals surface area contributed by atoms with Crippen LogP contribution >= 0.6 is 0 Å². The van der Waals surface area contributed by atoms with Crippen LogP contribution in [0.25, 0.3) is 0 Å². The summed E-state index contributed by atoms with van der Waals surface area (Å²) in [6, 6.07) is 8.15. The number of piperidine rings is 5. The quantitative estimate of drug-likeness (QED) is 0.0977. The number of hydrogen-bond acceptors (Lipinski definition) is 10. The first-order valence-corrected chi connectivity index (χ1v) is 51.3. The van der Waals surface area contributed by atoms with Crippen LogP contribution in [-0.4, -0.2) is 216 Å². The number of likely N-dealkylation sites (tertiary alicyclic amines) is 7. The Bertz CT molecular complexity index is 1970. The zero-order valence-corrected chi connectivity index (χ0v) is 88.4. The van der Waals surface area contributed by atoms with Gasteiger partial charge in [-0.25, -0.2) is 0 Å². The molecule has 10 nitrogen and oxygen atoms in total. The van der Waals surface area contributed by atoms with Crippen molar-refractivity contribution in [3.63, 3.8) is 0 Å². The minimum absolute atomic E-state index is 0.384. The minimum atomic E-state index is 0.384. The normalized spacial score (nSPS) is 23.6. The molecule has 0 aromatic carbocycles. The van der Waals surface area contributed by atoms with Crippen molar-refractivity contribution < 1.29 is 0 Å². The molecule has 7 aliphatic heterocycles. The van der Waals surface area contributed by atoms with Gasteiger partial charge in [-0.15, -0.1) is 0 Å². The molecular weight excluding hydrogens is 1410 g/mol. The highest BCUT2D eigenvalue weighted by Crippen LogP contribution is 2.33. The third-order valence-corrected chi connectivity index (χ3v) is 27.7. The van der Waals surface area contributed by atoms with Gasteiger partial charge in [0.2, 0.25) is 0 Å². The Balaban J connectivity index is -0.00000122. The molecule has 702 valence electrons. The summed E-state index contributed by atoms with van der Waals surface area (Å²) >= 11 is 0. The van der Waals surface area contributed by atoms with Crippen LogP contribution in [0.15, 0.2) is 0 Å². The molecule has 8 rings (SSSR count). The van der Waals surface area contributed by atoms with Crippen LogP contribution < -0.4 is 10.6 Å². The second kappa shape index (κ2) is 67.9. The summed E-state index contributed by atoms with van der Waals surface area (Å²) in [4.78, 5) is 20.7. The van der Waals surface area contributed by atoms with Gasteiger partial charge in [0.05, 0.1) is 0 Å². The highest BCUT2D eigenvalue weighted by Gasteiger charge is 2.31. The monoisotopic (exact) mass is 1640 g/mol. The van der Waals surface area contributed by atoms with Crippen molar-refractivity contribution in [2.75, 3.05) is 105 Å². The second-order valence-electron chi connectivity index (χ2n) is 45.1. The van der Waals surface area contributed by atoms with E-state index in [1.165, 1.54) is 220 Å². The third kappa shape index (κ3) is 59.5. The Labute approximate surface area is 736 Å². The second-order valence-corrected chi connectivity index (χ2v) is 45.1. The van der Waals surface area contributed by atoms with Crippen LogP contribution in [0.1, 0.15) is 419 Å². The zero-order valence-electron chi connectivity index (χ0n) is 88.4. The Morgan fingerprint density at radius 2 is 0.664 bits per heavy atom. The van der Waals surface area contributed by atoms with E-state index in [0.29, 0.717) is 23.7 Å². The number of nitrogens with one attached hydrogen (secondary N) is 2. The summed E-state index contributed by atoms with van der Waals surface area (Å²) in [5.41, 5.74) is 0.384. The van der Waals surface area contributed by atoms with Crippen molar-refractivity contribution in [1.29, 1.82) is 0 Å². The van der Waals surface area contributed by atoms with E-state index >= 15 is 0 Å². The molecule has 0 amide bonds. The molecule has 7 heterocycles. The molecule has 1 saturated carbocycles. The minimum Gasteiger partial charge on any atom is -0.315 e. The summed E-state index contributed by atoms with van der Waals surface area (Å²) in [5, 5.41) is 7.02. The van der Waals surface area contributed by atoms with E-state index in [0.717, 1.165) is 150 Å². The molecular formula is C106H228N10. The van der Waals surface area contributed by atoms with Crippen LogP contribution in [0.2, 0.25) is 0 Å². The molecule has 10 heteroatoms. The van der Waals surface area contributed by atoms with E-state index in [9.17, 15) is 0 Å². The summed E-state index contributed by atoms with van der Waals surface area (Å²) < 4.78 is 0. The molecule has 0 radical (unpaired) electrons. The molecule has 0 aromatic heterocycles. The van der Waals surface area contributed by atoms with Crippen LogP contribution in [0.3, 0.4) is 0 Å². The maximum absolute atomic E-state index is 3.64. The molecule has 2 N–H and O–H groups in total. The molecule has 1 aliphatic carbocycles. The number of nitrogens with zero attached hydrogens (tertiary/aromatic N) is 8. The average Bonchev–Trinajstić information content (AvgIpc) is 1.31. The van der Waals surface area contributed by atoms with Crippen LogP contribution in [0.4, 0.5) is 0 Å². The van der Waals surface area contributed by atoms with Crippen molar-refractivity contribution in [3.05, 3.63) is 0 Å². The standard InChI is InChI=1S/C12H25N.5C11H23N.2C10H21N.C9H21N.C8H19N.C2H6/c1-9(2)11-5-7-12(8-6-11)13-10(3)4;2*1-9(2)11-5-7-12(8-6-11)10(3)4;2*1-9(2)11-6-5-7-12(8-11)10(3)4;1-9(2)8-11-6-5-7-12(11)10(3)4;1-8(2)10-5-6-11(7-10)9(3)4;1-9-6-5-7-11(8-9)10(2,3)4;1-8(2)6-7-10(5)9(3)4;1-7(2)5-6-9-8(3)4;1-2/h9-13H,5-8H2,1-4H3;5*9-11H,5-8H2,1-4H3;8-10H,5-7H2,1-4H3;9H,5-8H2,1-4H3;8-9H,6-7H2,1-5H3;7-9H,5-6H2,1-4H3;1-2H3/t;;;11-;;;;9-;;;/m...1...0.../s1. The van der Waals surface area contributed by atoms with Crippen molar-refractivity contribution in [3.8, 4) is 0 Å². The lowest BCUT2D eigenvalue weighted by molar-refractivity contribution is 0.0843. The average molecular weight is 1640 g/mol. The largest absolute Gasteiger partial charge is 0.315 e. The maximum atomic E-state index is 3.64. The Morgan fingerprint density at radius 1 is 0.328 bits per heavy atom. The van der Waals surface area contributed by atoms with Gasteiger partial charge in [-0.05, 0) is 420 Å². The molecule has 0 aromatic rings. The van der Waals surface area contributed by atoms with E-state index in [1.807, 2.05) is 13.8 Å². The third-order valence-electron chi connectivity index (χ3n) is 27.7. The summed E-state index contributed by atoms with van der Waals surface area (Å²) in [7, 11) is 2.19. The van der Waals surface area contributed by atoms with Gasteiger partial charge in [-0.1, -0.05) is 173 Å². The number of hydrogen-bond donors (Lipinski definition) is 2. The maximum Gasteiger partial charge on any atom is 0.0125 e. The van der Waals surface area contributed by atoms with Gasteiger partial charge < -0.3 is 40.0 Å². The lowest BCUT2D eigenvalue weighted by Crippen LogP contribution is -2.46. The van der Waals surface area contributed by atoms with Crippen molar-refractivity contribution in [2.24, 2.45) is 94.7 Å². The van der Waals surface area contributed by atoms with Gasteiger partial charge in [0.25, 0.3) is 0 Å². The fourth-order valence-electron chi connectivity index (χ4n) is 18.1. The smallest absolute Gasteiger partial charge is 0.0125 e. The van der Waals surface area contributed by atoms with E-state index in [-0.39, 0.29) is 0 Å². The first-order valence-electron chi connectivity index (χ1n) is 51.3. The van der Waals surface area contributed by atoms with Gasteiger partial charge in [0.1, 0.15) is 0 Å². The lowest BCUT2D eigenvalue weighted by atomic mass is 9.79. The van der Waals surface area contributed by atoms with Crippen LogP contribution in [-0.2, 0) is 0 Å². The fraction of sp³-hybridized carbons (Fsp3) is 1.00. The molecule has 5 atom stereocenters. The molecule has 0 spiro atoms. The molecule has 3 unspecified atom stereocenters. The van der Waals surface area contributed by atoms with E-state index < -0.39 is 0 Å². The summed E-state index contributed by atoms with van der Waals surface area (Å²) in [6.45, 7) is 116. The highest BCUT2D eigenvalue weighted by atomic mass is 15.2. The lowest BCUT2D eigenvalue weighted by Gasteiger charge is -2.40. The molecule has 7 saturated heterocycles. The SMILES string of the molecule is CC.CC(C)C1CCCN(C(C)C)C1.CC(C)C1CCN(C(C)C)C1.CC(C)C1CCN(C(C)C)CC1.CC(C)C1CCN(C(C)C)CC1.CC(C)CC1CCCN1C(C)C.CC(C)CCN(C)C(C)C.CC(C)CCNC(C)C.CC(C)NC1CCC(C(C)C)CC1.CC(C)[C@@H]1CCCN(C(C)C)C1.C[C@H]1CCCN(C(C)(C)C)C1. The Morgan fingerprint density at radius 3 is 0.948 bits per heavy atom. The fourth-order valence-corrected chi connectivity index (χ4v) is 18.1. The van der Waals surface area contributed by atoms with E-state index in [4.69, 9.17) is 0 Å². The van der Waals surface area contributed by atoms with Crippen molar-refractivity contribution >= 4 is 0 Å². The first-order chi connectivity index (χ1) is 53.9. The number of rotatable bonds is 24. The highest BCUT2D eigenvalue weighted by molar-refractivity contribution is 4.86. The van der Waals surface area contributed by atoms with Gasteiger partial charge in [0, 0.05) is 98.2 Å². The molecule has 116 heavy (non-hydrogen) atoms. The summed E-state index contributed by atoms with van der Waals surface area (Å²) in [5.74, 6) is 14.5. The predicted octanol–water partition coefficient (Wildman–Crippen LogP) is 27.5. The van der Waals surface area contributed by atoms with Gasteiger partial charge in [-0.2, -0.15) is 0 Å². The van der Waals surface area contributed by atoms with E-state index in [2.05, 4.69) is 334 Å². The van der Waals surface area contributed by atoms with Gasteiger partial charge in [-0.3, -0.25) is 9.80 Å². The topological polar surface area (TPSA) is 50.0 Å². The summed E-state index contributed by atoms with van der Waals surface area (Å²) in [6.07, 6.45) is 28.0. The first kappa shape index (κ1) is 120. The molecule has 8 aliphatic rings.